The van der Waals surface area contributed by atoms with Gasteiger partial charge in [-0.25, -0.2) is 9.67 Å². The number of nitrogens with one attached hydrogen (secondary N) is 3. The Labute approximate surface area is 234 Å². The lowest BCUT2D eigenvalue weighted by molar-refractivity contribution is -0.137. The van der Waals surface area contributed by atoms with Crippen molar-refractivity contribution >= 4 is 45.7 Å². The zero-order valence-corrected chi connectivity index (χ0v) is 22.9. The molecule has 0 atom stereocenters. The van der Waals surface area contributed by atoms with E-state index < -0.39 is 11.7 Å². The molecular weight excluding hydrogens is 541 g/mol. The smallest absolute Gasteiger partial charge is 0.379 e. The number of hydrogen-bond donors (Lipinski definition) is 3. The third-order valence-corrected chi connectivity index (χ3v) is 6.80. The first-order chi connectivity index (χ1) is 19.2. The Kier molecular flexibility index (Phi) is 8.14. The molecule has 1 fully saturated rings. The number of nitrogens with zero attached hydrogens (tertiary/aromatic N) is 5. The van der Waals surface area contributed by atoms with Crippen molar-refractivity contribution in [3.63, 3.8) is 0 Å². The van der Waals surface area contributed by atoms with E-state index in [1.54, 1.807) is 10.9 Å². The number of fused-ring (bicyclic) bond motifs is 1. The molecule has 1 aliphatic rings. The van der Waals surface area contributed by atoms with Gasteiger partial charge >= 0.3 is 6.18 Å². The quantitative estimate of drug-likeness (QED) is 0.268. The topological polar surface area (TPSA) is 92.2 Å². The van der Waals surface area contributed by atoms with Gasteiger partial charge in [-0.15, -0.1) is 0 Å². The first-order valence-electron chi connectivity index (χ1n) is 12.8. The van der Waals surface area contributed by atoms with E-state index in [0.717, 1.165) is 79.4 Å². The molecule has 9 nitrogen and oxygen atoms in total. The zero-order chi connectivity index (χ0) is 28.3. The number of benzene rings is 2. The van der Waals surface area contributed by atoms with Crippen LogP contribution in [0.15, 0.2) is 48.7 Å². The fraction of sp³-hybridized carbons (Fsp3) is 0.333. The molecule has 0 aliphatic carbocycles. The van der Waals surface area contributed by atoms with Crippen LogP contribution in [-0.4, -0.2) is 69.2 Å². The molecule has 2 aromatic heterocycles. The second-order valence-corrected chi connectivity index (χ2v) is 9.88. The SMILES string of the molecule is Cc1cc(-c2nn(C)c3nc(NCCN4CCOCC4)ncc23)ccc1NC(=S)Nc1cccc(C(F)(F)F)c1. The monoisotopic (exact) mass is 570 g/mol. The van der Waals surface area contributed by atoms with Gasteiger partial charge in [0.1, 0.15) is 5.69 Å². The lowest BCUT2D eigenvalue weighted by Gasteiger charge is -2.26. The molecule has 1 aliphatic heterocycles. The van der Waals surface area contributed by atoms with Gasteiger partial charge in [-0.3, -0.25) is 4.90 Å². The Hall–Kier alpha value is -3.81. The molecule has 5 rings (SSSR count). The van der Waals surface area contributed by atoms with Crippen LogP contribution in [0.4, 0.5) is 30.5 Å². The van der Waals surface area contributed by atoms with Crippen molar-refractivity contribution in [2.24, 2.45) is 7.05 Å². The minimum Gasteiger partial charge on any atom is -0.379 e. The number of rotatable bonds is 7. The summed E-state index contributed by atoms with van der Waals surface area (Å²) in [5, 5.41) is 14.9. The van der Waals surface area contributed by atoms with E-state index in [0.29, 0.717) is 11.6 Å². The third-order valence-electron chi connectivity index (χ3n) is 6.59. The largest absolute Gasteiger partial charge is 0.416 e. The molecule has 210 valence electrons. The van der Waals surface area contributed by atoms with Crippen LogP contribution in [-0.2, 0) is 18.0 Å². The number of thiocarbonyl (C=S) groups is 1. The normalized spacial score (nSPS) is 14.3. The predicted octanol–water partition coefficient (Wildman–Crippen LogP) is 4.91. The molecular formula is C27H29F3N8OS. The lowest BCUT2D eigenvalue weighted by atomic mass is 10.1. The highest BCUT2D eigenvalue weighted by Crippen LogP contribution is 2.31. The molecule has 2 aromatic carbocycles. The Balaban J connectivity index is 1.26. The molecule has 4 aromatic rings. The number of ether oxygens (including phenoxy) is 1. The summed E-state index contributed by atoms with van der Waals surface area (Å²) in [5.74, 6) is 0.549. The summed E-state index contributed by atoms with van der Waals surface area (Å²) < 4.78 is 46.2. The third kappa shape index (κ3) is 6.49. The first kappa shape index (κ1) is 27.7. The van der Waals surface area contributed by atoms with Gasteiger partial charge in [-0.2, -0.15) is 23.3 Å². The Bertz CT molecular complexity index is 1520. The van der Waals surface area contributed by atoms with E-state index in [9.17, 15) is 13.2 Å². The van der Waals surface area contributed by atoms with E-state index >= 15 is 0 Å². The van der Waals surface area contributed by atoms with Crippen molar-refractivity contribution in [3.05, 3.63) is 59.8 Å². The predicted molar refractivity (Wildman–Crippen MR) is 154 cm³/mol. The molecule has 13 heteroatoms. The van der Waals surface area contributed by atoms with Crippen LogP contribution in [0.25, 0.3) is 22.3 Å². The van der Waals surface area contributed by atoms with Crippen molar-refractivity contribution in [2.45, 2.75) is 13.1 Å². The number of halogens is 3. The van der Waals surface area contributed by atoms with E-state index in [-0.39, 0.29) is 10.8 Å². The summed E-state index contributed by atoms with van der Waals surface area (Å²) in [6.45, 7) is 6.92. The maximum atomic E-state index is 13.0. The van der Waals surface area contributed by atoms with Crippen molar-refractivity contribution in [2.75, 3.05) is 55.3 Å². The van der Waals surface area contributed by atoms with Gasteiger partial charge in [0.2, 0.25) is 5.95 Å². The van der Waals surface area contributed by atoms with Gasteiger partial charge in [0.05, 0.1) is 24.2 Å². The number of aryl methyl sites for hydroxylation is 2. The molecule has 1 saturated heterocycles. The van der Waals surface area contributed by atoms with Crippen LogP contribution < -0.4 is 16.0 Å². The molecule has 0 radical (unpaired) electrons. The van der Waals surface area contributed by atoms with Gasteiger partial charge in [-0.1, -0.05) is 12.1 Å². The molecule has 0 spiro atoms. The number of anilines is 3. The number of aromatic nitrogens is 4. The second-order valence-electron chi connectivity index (χ2n) is 9.47. The minimum absolute atomic E-state index is 0.181. The number of hydrogen-bond acceptors (Lipinski definition) is 7. The Morgan fingerprint density at radius 2 is 1.90 bits per heavy atom. The van der Waals surface area contributed by atoms with Crippen molar-refractivity contribution in [3.8, 4) is 11.3 Å². The van der Waals surface area contributed by atoms with Crippen LogP contribution in [0.5, 0.6) is 0 Å². The minimum atomic E-state index is -4.43. The van der Waals surface area contributed by atoms with Crippen LogP contribution in [0.2, 0.25) is 0 Å². The summed E-state index contributed by atoms with van der Waals surface area (Å²) >= 11 is 5.34. The average molecular weight is 571 g/mol. The molecule has 3 heterocycles. The highest BCUT2D eigenvalue weighted by atomic mass is 32.1. The summed E-state index contributed by atoms with van der Waals surface area (Å²) in [5.41, 5.74) is 3.44. The first-order valence-corrected chi connectivity index (χ1v) is 13.2. The van der Waals surface area contributed by atoms with Gasteiger partial charge in [0, 0.05) is 56.4 Å². The van der Waals surface area contributed by atoms with Gasteiger partial charge < -0.3 is 20.7 Å². The van der Waals surface area contributed by atoms with Crippen LogP contribution in [0.1, 0.15) is 11.1 Å². The highest BCUT2D eigenvalue weighted by Gasteiger charge is 2.30. The molecule has 0 amide bonds. The fourth-order valence-corrected chi connectivity index (χ4v) is 4.72. The molecule has 0 unspecified atom stereocenters. The van der Waals surface area contributed by atoms with Crippen LogP contribution in [0.3, 0.4) is 0 Å². The van der Waals surface area contributed by atoms with Crippen LogP contribution in [0, 0.1) is 6.92 Å². The second kappa shape index (κ2) is 11.7. The van der Waals surface area contributed by atoms with Crippen LogP contribution >= 0.6 is 12.2 Å². The van der Waals surface area contributed by atoms with Crippen molar-refractivity contribution in [1.82, 2.24) is 24.6 Å². The van der Waals surface area contributed by atoms with E-state index in [1.165, 1.54) is 12.1 Å². The summed E-state index contributed by atoms with van der Waals surface area (Å²) in [7, 11) is 1.84. The van der Waals surface area contributed by atoms with Crippen molar-refractivity contribution < 1.29 is 17.9 Å². The maximum Gasteiger partial charge on any atom is 0.416 e. The number of morpholine rings is 1. The van der Waals surface area contributed by atoms with E-state index in [4.69, 9.17) is 17.0 Å². The summed E-state index contributed by atoms with van der Waals surface area (Å²) in [6, 6.07) is 10.6. The Morgan fingerprint density at radius 1 is 1.10 bits per heavy atom. The van der Waals surface area contributed by atoms with Gasteiger partial charge in [-0.05, 0) is 55.0 Å². The fourth-order valence-electron chi connectivity index (χ4n) is 4.50. The molecule has 3 N–H and O–H groups in total. The molecule has 40 heavy (non-hydrogen) atoms. The molecule has 0 saturated carbocycles. The van der Waals surface area contributed by atoms with Gasteiger partial charge in [0.25, 0.3) is 0 Å². The standard InChI is InChI=1S/C27H29F3N8OS/c1-17-14-18(6-7-22(17)34-26(40)33-20-5-3-4-19(15-20)27(28,29)30)23-21-16-32-25(35-24(21)37(2)36-23)31-8-9-38-10-12-39-13-11-38/h3-7,14-16H,8-13H2,1-2H3,(H,31,32,35)(H2,33,34,40). The highest BCUT2D eigenvalue weighted by molar-refractivity contribution is 7.80. The maximum absolute atomic E-state index is 13.0. The van der Waals surface area contributed by atoms with E-state index in [1.807, 2.05) is 32.2 Å². The summed E-state index contributed by atoms with van der Waals surface area (Å²) in [4.78, 5) is 11.5. The summed E-state index contributed by atoms with van der Waals surface area (Å²) in [6.07, 6.45) is -2.65. The van der Waals surface area contributed by atoms with E-state index in [2.05, 4.69) is 35.9 Å². The molecule has 0 bridgehead atoms. The average Bonchev–Trinajstić information content (AvgIpc) is 3.26. The Morgan fingerprint density at radius 3 is 2.65 bits per heavy atom. The lowest BCUT2D eigenvalue weighted by Crippen LogP contribution is -2.39. The number of alkyl halides is 3. The van der Waals surface area contributed by atoms with Crippen molar-refractivity contribution in [1.29, 1.82) is 0 Å². The zero-order valence-electron chi connectivity index (χ0n) is 22.0. The van der Waals surface area contributed by atoms with Gasteiger partial charge in [0.15, 0.2) is 10.8 Å².